The lowest BCUT2D eigenvalue weighted by atomic mass is 10.0. The molecule has 1 aliphatic heterocycles. The van der Waals surface area contributed by atoms with Crippen molar-refractivity contribution in [1.29, 1.82) is 0 Å². The van der Waals surface area contributed by atoms with Gasteiger partial charge >= 0.3 is 0 Å². The Morgan fingerprint density at radius 3 is 2.62 bits per heavy atom. The second-order valence-corrected chi connectivity index (χ2v) is 9.39. The Bertz CT molecular complexity index is 935. The summed E-state index contributed by atoms with van der Waals surface area (Å²) in [5.41, 5.74) is 0.679. The molecule has 0 amide bonds. The number of nitrogens with zero attached hydrogens (tertiary/aromatic N) is 1. The Morgan fingerprint density at radius 2 is 1.90 bits per heavy atom. The van der Waals surface area contributed by atoms with Crippen LogP contribution in [-0.4, -0.2) is 67.4 Å². The van der Waals surface area contributed by atoms with Crippen LogP contribution in [-0.2, 0) is 10.0 Å². The number of ether oxygens (including phenoxy) is 1. The summed E-state index contributed by atoms with van der Waals surface area (Å²) in [6.07, 6.45) is -1.17. The first-order valence-electron chi connectivity index (χ1n) is 9.59. The van der Waals surface area contributed by atoms with Crippen LogP contribution >= 0.6 is 0 Å². The van der Waals surface area contributed by atoms with Crippen LogP contribution in [0.2, 0.25) is 0 Å². The standard InChI is InChI=1S/C21H28N2O5S/c1-16-7-6-10-19(17(16)2)28-12-11-22-14-21(25)15-23(13-20(21)24)29(26,27)18-8-4-3-5-9-18/h3-10,20,22,24-25H,11-15H2,1-2H3/t20-,21+/m1/s1. The van der Waals surface area contributed by atoms with Gasteiger partial charge in [0.2, 0.25) is 10.0 Å². The lowest BCUT2D eigenvalue weighted by Gasteiger charge is -2.26. The first kappa shape index (κ1) is 21.7. The van der Waals surface area contributed by atoms with Gasteiger partial charge in [0.15, 0.2) is 0 Å². The van der Waals surface area contributed by atoms with E-state index in [0.29, 0.717) is 13.2 Å². The van der Waals surface area contributed by atoms with Crippen LogP contribution in [0.25, 0.3) is 0 Å². The van der Waals surface area contributed by atoms with E-state index >= 15 is 0 Å². The van der Waals surface area contributed by atoms with Crippen LogP contribution in [0.3, 0.4) is 0 Å². The normalized spacial score (nSPS) is 22.7. The maximum atomic E-state index is 12.7. The first-order chi connectivity index (χ1) is 13.7. The van der Waals surface area contributed by atoms with Gasteiger partial charge in [0.05, 0.1) is 11.0 Å². The molecule has 7 nitrogen and oxygen atoms in total. The third-order valence-electron chi connectivity index (χ3n) is 5.35. The molecule has 0 spiro atoms. The minimum atomic E-state index is -3.76. The van der Waals surface area contributed by atoms with Crippen molar-refractivity contribution in [2.75, 3.05) is 32.8 Å². The number of hydrogen-bond donors (Lipinski definition) is 3. The number of aliphatic hydroxyl groups is 2. The van der Waals surface area contributed by atoms with Gasteiger partial charge in [-0.15, -0.1) is 0 Å². The summed E-state index contributed by atoms with van der Waals surface area (Å²) < 4.78 is 32.3. The van der Waals surface area contributed by atoms with Crippen LogP contribution in [0.1, 0.15) is 11.1 Å². The number of nitrogens with one attached hydrogen (secondary N) is 1. The molecule has 158 valence electrons. The molecule has 3 rings (SSSR count). The zero-order valence-corrected chi connectivity index (χ0v) is 17.5. The van der Waals surface area contributed by atoms with E-state index in [-0.39, 0.29) is 24.5 Å². The average Bonchev–Trinajstić information content (AvgIpc) is 3.01. The van der Waals surface area contributed by atoms with Crippen LogP contribution in [0.5, 0.6) is 5.75 Å². The molecule has 1 heterocycles. The lowest BCUT2D eigenvalue weighted by molar-refractivity contribution is -0.0384. The van der Waals surface area contributed by atoms with E-state index < -0.39 is 21.7 Å². The summed E-state index contributed by atoms with van der Waals surface area (Å²) >= 11 is 0. The summed E-state index contributed by atoms with van der Waals surface area (Å²) in [6.45, 7) is 4.61. The molecular weight excluding hydrogens is 392 g/mol. The molecule has 2 aromatic rings. The van der Waals surface area contributed by atoms with Crippen LogP contribution in [0.4, 0.5) is 0 Å². The second kappa shape index (κ2) is 8.81. The molecule has 0 saturated carbocycles. The number of aryl methyl sites for hydroxylation is 1. The maximum absolute atomic E-state index is 12.7. The number of sulfonamides is 1. The summed E-state index contributed by atoms with van der Waals surface area (Å²) in [7, 11) is -3.76. The average molecular weight is 421 g/mol. The molecule has 0 aromatic heterocycles. The fourth-order valence-electron chi connectivity index (χ4n) is 3.36. The minimum absolute atomic E-state index is 0.0607. The third kappa shape index (κ3) is 4.79. The predicted octanol–water partition coefficient (Wildman–Crippen LogP) is 1.07. The highest BCUT2D eigenvalue weighted by Crippen LogP contribution is 2.27. The van der Waals surface area contributed by atoms with Crippen molar-refractivity contribution >= 4 is 10.0 Å². The first-order valence-corrected chi connectivity index (χ1v) is 11.0. The molecular formula is C21H28N2O5S. The van der Waals surface area contributed by atoms with Crippen LogP contribution in [0.15, 0.2) is 53.4 Å². The topological polar surface area (TPSA) is 99.1 Å². The van der Waals surface area contributed by atoms with Crippen molar-refractivity contribution in [3.63, 3.8) is 0 Å². The third-order valence-corrected chi connectivity index (χ3v) is 7.18. The number of β-amino-alcohol motifs (C(OH)–C–C–N with tert-alkyl or cyclic N) is 2. The van der Waals surface area contributed by atoms with Gasteiger partial charge in [-0.05, 0) is 43.2 Å². The zero-order chi connectivity index (χ0) is 21.1. The molecule has 8 heteroatoms. The zero-order valence-electron chi connectivity index (χ0n) is 16.7. The van der Waals surface area contributed by atoms with E-state index in [1.54, 1.807) is 18.2 Å². The molecule has 0 aliphatic carbocycles. The van der Waals surface area contributed by atoms with Gasteiger partial charge in [0.25, 0.3) is 0 Å². The SMILES string of the molecule is Cc1cccc(OCCNC[C@]2(O)CN(S(=O)(=O)c3ccccc3)C[C@H]2O)c1C. The number of hydrogen-bond acceptors (Lipinski definition) is 6. The molecule has 0 radical (unpaired) electrons. The van der Waals surface area contributed by atoms with Crippen molar-refractivity contribution in [2.45, 2.75) is 30.4 Å². The van der Waals surface area contributed by atoms with Crippen LogP contribution in [0, 0.1) is 13.8 Å². The van der Waals surface area contributed by atoms with Crippen LogP contribution < -0.4 is 10.1 Å². The number of benzene rings is 2. The summed E-state index contributed by atoms with van der Waals surface area (Å²) in [6, 6.07) is 13.9. The summed E-state index contributed by atoms with van der Waals surface area (Å²) in [4.78, 5) is 0.145. The van der Waals surface area contributed by atoms with Crippen molar-refractivity contribution < 1.29 is 23.4 Å². The largest absolute Gasteiger partial charge is 0.492 e. The fourth-order valence-corrected chi connectivity index (χ4v) is 4.89. The lowest BCUT2D eigenvalue weighted by Crippen LogP contribution is -2.50. The molecule has 2 atom stereocenters. The van der Waals surface area contributed by atoms with E-state index in [1.165, 1.54) is 12.1 Å². The molecule has 2 aromatic carbocycles. The highest BCUT2D eigenvalue weighted by molar-refractivity contribution is 7.89. The molecule has 1 fully saturated rings. The van der Waals surface area contributed by atoms with E-state index in [4.69, 9.17) is 4.74 Å². The van der Waals surface area contributed by atoms with E-state index in [1.807, 2.05) is 32.0 Å². The quantitative estimate of drug-likeness (QED) is 0.553. The molecule has 1 aliphatic rings. The van der Waals surface area contributed by atoms with Gasteiger partial charge in [-0.25, -0.2) is 8.42 Å². The maximum Gasteiger partial charge on any atom is 0.243 e. The Balaban J connectivity index is 1.52. The minimum Gasteiger partial charge on any atom is -0.492 e. The van der Waals surface area contributed by atoms with E-state index in [2.05, 4.69) is 5.32 Å². The van der Waals surface area contributed by atoms with Gasteiger partial charge in [-0.3, -0.25) is 0 Å². The highest BCUT2D eigenvalue weighted by Gasteiger charge is 2.48. The molecule has 0 bridgehead atoms. The van der Waals surface area contributed by atoms with Crippen molar-refractivity contribution in [1.82, 2.24) is 9.62 Å². The molecule has 3 N–H and O–H groups in total. The van der Waals surface area contributed by atoms with Gasteiger partial charge < -0.3 is 20.3 Å². The number of aliphatic hydroxyl groups excluding tert-OH is 1. The Labute approximate surface area is 172 Å². The van der Waals surface area contributed by atoms with Gasteiger partial charge in [0, 0.05) is 26.2 Å². The van der Waals surface area contributed by atoms with E-state index in [9.17, 15) is 18.6 Å². The highest BCUT2D eigenvalue weighted by atomic mass is 32.2. The van der Waals surface area contributed by atoms with E-state index in [0.717, 1.165) is 21.2 Å². The predicted molar refractivity (Wildman–Crippen MR) is 110 cm³/mol. The van der Waals surface area contributed by atoms with Crippen molar-refractivity contribution in [3.8, 4) is 5.75 Å². The number of rotatable bonds is 8. The molecule has 29 heavy (non-hydrogen) atoms. The summed E-state index contributed by atoms with van der Waals surface area (Å²) in [5, 5.41) is 24.1. The van der Waals surface area contributed by atoms with Gasteiger partial charge in [0.1, 0.15) is 18.0 Å². The second-order valence-electron chi connectivity index (χ2n) is 7.45. The smallest absolute Gasteiger partial charge is 0.243 e. The van der Waals surface area contributed by atoms with Gasteiger partial charge in [-0.1, -0.05) is 30.3 Å². The molecule has 1 saturated heterocycles. The Hall–Kier alpha value is -1.97. The molecule has 0 unspecified atom stereocenters. The monoisotopic (exact) mass is 420 g/mol. The van der Waals surface area contributed by atoms with Crippen molar-refractivity contribution in [3.05, 3.63) is 59.7 Å². The fraction of sp³-hybridized carbons (Fsp3) is 0.429. The summed E-state index contributed by atoms with van der Waals surface area (Å²) in [5.74, 6) is 0.812. The Kier molecular flexibility index (Phi) is 6.60. The Morgan fingerprint density at radius 1 is 1.17 bits per heavy atom. The van der Waals surface area contributed by atoms with Crippen molar-refractivity contribution in [2.24, 2.45) is 0 Å². The van der Waals surface area contributed by atoms with Gasteiger partial charge in [-0.2, -0.15) is 4.31 Å².